The summed E-state index contributed by atoms with van der Waals surface area (Å²) in [4.78, 5) is 15.5. The number of hydrogen-bond acceptors (Lipinski definition) is 1. The van der Waals surface area contributed by atoms with Gasteiger partial charge in [-0.2, -0.15) is 0 Å². The first kappa shape index (κ1) is 17.1. The molecule has 0 aliphatic heterocycles. The second-order valence-electron chi connectivity index (χ2n) is 7.88. The molecule has 2 aromatic carbocycles. The number of nitrogens with zero attached hydrogens (tertiary/aromatic N) is 1. The number of allylic oxidation sites excluding steroid dienone is 1. The number of carbonyl (C=O) groups is 1. The first-order chi connectivity index (χ1) is 12.7. The van der Waals surface area contributed by atoms with E-state index in [4.69, 9.17) is 0 Å². The Morgan fingerprint density at radius 3 is 2.73 bits per heavy atom. The molecule has 0 aromatic heterocycles. The SMILES string of the molecule is Bc1cccc(CN(C(=O)c2ccccc2)C2C=CCC3CCC2C3)c1. The smallest absolute Gasteiger partial charge is 0.254 e. The molecule has 132 valence electrons. The maximum Gasteiger partial charge on any atom is 0.254 e. The minimum Gasteiger partial charge on any atom is -0.328 e. The van der Waals surface area contributed by atoms with E-state index in [1.54, 1.807) is 0 Å². The van der Waals surface area contributed by atoms with Crippen LogP contribution in [0.15, 0.2) is 66.7 Å². The molecule has 2 aliphatic carbocycles. The van der Waals surface area contributed by atoms with Gasteiger partial charge in [-0.15, -0.1) is 0 Å². The molecule has 1 saturated carbocycles. The fourth-order valence-electron chi connectivity index (χ4n) is 4.63. The van der Waals surface area contributed by atoms with Crippen LogP contribution in [0.1, 0.15) is 41.6 Å². The Kier molecular flexibility index (Phi) is 4.97. The summed E-state index contributed by atoms with van der Waals surface area (Å²) in [5, 5.41) is 0. The van der Waals surface area contributed by atoms with E-state index >= 15 is 0 Å². The first-order valence-corrected chi connectivity index (χ1v) is 9.79. The molecule has 3 heteroatoms. The molecule has 2 aliphatic rings. The molecule has 3 unspecified atom stereocenters. The largest absolute Gasteiger partial charge is 0.328 e. The van der Waals surface area contributed by atoms with E-state index in [1.165, 1.54) is 36.7 Å². The van der Waals surface area contributed by atoms with Crippen LogP contribution in [-0.2, 0) is 6.54 Å². The summed E-state index contributed by atoms with van der Waals surface area (Å²) in [7, 11) is 2.11. The zero-order chi connectivity index (χ0) is 17.9. The third kappa shape index (κ3) is 3.62. The van der Waals surface area contributed by atoms with Gasteiger partial charge in [-0.05, 0) is 55.2 Å². The van der Waals surface area contributed by atoms with Gasteiger partial charge in [-0.25, -0.2) is 0 Å². The van der Waals surface area contributed by atoms with Crippen molar-refractivity contribution >= 4 is 19.2 Å². The van der Waals surface area contributed by atoms with Crippen LogP contribution in [0.5, 0.6) is 0 Å². The third-order valence-electron chi connectivity index (χ3n) is 5.94. The fraction of sp³-hybridized carbons (Fsp3) is 0.348. The van der Waals surface area contributed by atoms with Crippen molar-refractivity contribution in [2.75, 3.05) is 0 Å². The highest BCUT2D eigenvalue weighted by molar-refractivity contribution is 6.32. The topological polar surface area (TPSA) is 20.3 Å². The van der Waals surface area contributed by atoms with Crippen molar-refractivity contribution in [3.63, 3.8) is 0 Å². The molecule has 0 heterocycles. The zero-order valence-electron chi connectivity index (χ0n) is 15.5. The number of fused-ring (bicyclic) bond motifs is 2. The maximum atomic E-state index is 13.4. The normalized spacial score (nSPS) is 24.2. The van der Waals surface area contributed by atoms with Crippen LogP contribution < -0.4 is 5.46 Å². The lowest BCUT2D eigenvalue weighted by Crippen LogP contribution is -2.42. The van der Waals surface area contributed by atoms with Crippen molar-refractivity contribution in [2.45, 2.75) is 38.3 Å². The molecule has 3 atom stereocenters. The molecule has 0 saturated heterocycles. The maximum absolute atomic E-state index is 13.4. The van der Waals surface area contributed by atoms with Crippen LogP contribution in [-0.4, -0.2) is 24.7 Å². The van der Waals surface area contributed by atoms with Gasteiger partial charge in [-0.3, -0.25) is 4.79 Å². The van der Waals surface area contributed by atoms with Crippen molar-refractivity contribution in [1.82, 2.24) is 4.90 Å². The summed E-state index contributed by atoms with van der Waals surface area (Å²) in [5.41, 5.74) is 3.24. The van der Waals surface area contributed by atoms with Crippen molar-refractivity contribution in [1.29, 1.82) is 0 Å². The second kappa shape index (κ2) is 7.53. The van der Waals surface area contributed by atoms with Crippen LogP contribution in [0.25, 0.3) is 0 Å². The van der Waals surface area contributed by atoms with E-state index in [1.807, 2.05) is 30.3 Å². The van der Waals surface area contributed by atoms with Gasteiger partial charge in [0.05, 0.1) is 6.04 Å². The van der Waals surface area contributed by atoms with E-state index in [9.17, 15) is 4.79 Å². The Labute approximate surface area is 157 Å². The van der Waals surface area contributed by atoms with E-state index in [2.05, 4.69) is 49.2 Å². The monoisotopic (exact) mass is 343 g/mol. The lowest BCUT2D eigenvalue weighted by molar-refractivity contribution is 0.0645. The summed E-state index contributed by atoms with van der Waals surface area (Å²) in [6.07, 6.45) is 9.60. The summed E-state index contributed by atoms with van der Waals surface area (Å²) in [6.45, 7) is 0.672. The van der Waals surface area contributed by atoms with Gasteiger partial charge in [-0.1, -0.05) is 60.1 Å². The molecule has 1 fully saturated rings. The Bertz CT molecular complexity index is 801. The average Bonchev–Trinajstić information content (AvgIpc) is 3.02. The lowest BCUT2D eigenvalue weighted by Gasteiger charge is -2.34. The van der Waals surface area contributed by atoms with Crippen LogP contribution in [0, 0.1) is 11.8 Å². The van der Waals surface area contributed by atoms with Crippen molar-refractivity contribution in [3.05, 3.63) is 77.9 Å². The van der Waals surface area contributed by atoms with E-state index in [0.29, 0.717) is 12.5 Å². The number of rotatable bonds is 4. The summed E-state index contributed by atoms with van der Waals surface area (Å²) >= 11 is 0. The van der Waals surface area contributed by atoms with Crippen LogP contribution >= 0.6 is 0 Å². The Morgan fingerprint density at radius 1 is 1.08 bits per heavy atom. The summed E-state index contributed by atoms with van der Waals surface area (Å²) in [6, 6.07) is 18.5. The zero-order valence-corrected chi connectivity index (χ0v) is 15.5. The lowest BCUT2D eigenvalue weighted by atomic mass is 9.92. The predicted octanol–water partition coefficient (Wildman–Crippen LogP) is 3.33. The van der Waals surface area contributed by atoms with Crippen LogP contribution in [0.2, 0.25) is 0 Å². The second-order valence-corrected chi connectivity index (χ2v) is 7.88. The van der Waals surface area contributed by atoms with Gasteiger partial charge >= 0.3 is 0 Å². The minimum absolute atomic E-state index is 0.145. The van der Waals surface area contributed by atoms with Gasteiger partial charge in [0.15, 0.2) is 0 Å². The van der Waals surface area contributed by atoms with Gasteiger partial charge in [0, 0.05) is 12.1 Å². The molecule has 2 aromatic rings. The molecular weight excluding hydrogens is 317 g/mol. The molecule has 4 rings (SSSR count). The van der Waals surface area contributed by atoms with Crippen molar-refractivity contribution < 1.29 is 4.79 Å². The Hall–Kier alpha value is -2.29. The predicted molar refractivity (Wildman–Crippen MR) is 109 cm³/mol. The molecule has 2 bridgehead atoms. The number of benzene rings is 2. The van der Waals surface area contributed by atoms with Crippen molar-refractivity contribution in [2.24, 2.45) is 11.8 Å². The molecular formula is C23H26BNO. The highest BCUT2D eigenvalue weighted by Crippen LogP contribution is 2.40. The molecule has 1 amide bonds. The average molecular weight is 343 g/mol. The number of carbonyl (C=O) groups excluding carboxylic acids is 1. The highest BCUT2D eigenvalue weighted by atomic mass is 16.2. The van der Waals surface area contributed by atoms with Crippen LogP contribution in [0.3, 0.4) is 0 Å². The van der Waals surface area contributed by atoms with E-state index in [0.717, 1.165) is 11.5 Å². The van der Waals surface area contributed by atoms with Crippen LogP contribution in [0.4, 0.5) is 0 Å². The molecule has 0 spiro atoms. The highest BCUT2D eigenvalue weighted by Gasteiger charge is 2.36. The van der Waals surface area contributed by atoms with E-state index in [-0.39, 0.29) is 11.9 Å². The molecule has 2 nitrogen and oxygen atoms in total. The fourth-order valence-corrected chi connectivity index (χ4v) is 4.63. The van der Waals surface area contributed by atoms with E-state index < -0.39 is 0 Å². The van der Waals surface area contributed by atoms with Crippen molar-refractivity contribution in [3.8, 4) is 0 Å². The van der Waals surface area contributed by atoms with Gasteiger partial charge in [0.25, 0.3) is 5.91 Å². The van der Waals surface area contributed by atoms with Gasteiger partial charge in [0.1, 0.15) is 7.85 Å². The molecule has 0 radical (unpaired) electrons. The Balaban J connectivity index is 1.67. The molecule has 0 N–H and O–H groups in total. The summed E-state index contributed by atoms with van der Waals surface area (Å²) in [5.74, 6) is 1.55. The quantitative estimate of drug-likeness (QED) is 0.616. The minimum atomic E-state index is 0.145. The van der Waals surface area contributed by atoms with Gasteiger partial charge < -0.3 is 4.90 Å². The number of amides is 1. The molecule has 26 heavy (non-hydrogen) atoms. The number of hydrogen-bond donors (Lipinski definition) is 0. The Morgan fingerprint density at radius 2 is 1.92 bits per heavy atom. The first-order valence-electron chi connectivity index (χ1n) is 9.79. The van der Waals surface area contributed by atoms with Gasteiger partial charge in [0.2, 0.25) is 0 Å². The summed E-state index contributed by atoms with van der Waals surface area (Å²) < 4.78 is 0. The third-order valence-corrected chi connectivity index (χ3v) is 5.94. The standard InChI is InChI=1S/C23H26BNO/c24-21-10-4-7-18(15-21)16-25(23(26)19-8-2-1-3-9-19)22-11-5-6-17-12-13-20(22)14-17/h1-5,7-11,15,17,20,22H,6,12-14,16,24H2.